The van der Waals surface area contributed by atoms with Gasteiger partial charge in [-0.1, -0.05) is 39.8 Å². The van der Waals surface area contributed by atoms with Crippen LogP contribution in [0.25, 0.3) is 0 Å². The van der Waals surface area contributed by atoms with E-state index in [1.54, 1.807) is 0 Å². The van der Waals surface area contributed by atoms with Crippen LogP contribution in [0.1, 0.15) is 87.8 Å². The van der Waals surface area contributed by atoms with E-state index in [0.29, 0.717) is 0 Å². The number of rotatable bonds is 14. The molecule has 2 unspecified atom stereocenters. The summed E-state index contributed by atoms with van der Waals surface area (Å²) in [6, 6.07) is 12.1. The van der Waals surface area contributed by atoms with Crippen molar-refractivity contribution in [2.45, 2.75) is 72.0 Å². The first-order valence-electron chi connectivity index (χ1n) is 13.2. The lowest BCUT2D eigenvalue weighted by Gasteiger charge is -2.24. The molecular formula is C29H44N2O3. The zero-order chi connectivity index (χ0) is 24.5. The molecule has 2 aromatic carbocycles. The third kappa shape index (κ3) is 7.05. The van der Waals surface area contributed by atoms with Gasteiger partial charge in [-0.25, -0.2) is 0 Å². The van der Waals surface area contributed by atoms with Crippen LogP contribution in [-0.4, -0.2) is 59.3 Å². The molecule has 2 aromatic rings. The van der Waals surface area contributed by atoms with E-state index in [4.69, 9.17) is 4.74 Å². The molecule has 188 valence electrons. The molecule has 3 rings (SSSR count). The second kappa shape index (κ2) is 13.2. The maximum Gasteiger partial charge on any atom is 0.130 e. The number of hydrogen-bond acceptors (Lipinski definition) is 5. The van der Waals surface area contributed by atoms with Gasteiger partial charge >= 0.3 is 0 Å². The number of aliphatic hydroxyl groups is 2. The van der Waals surface area contributed by atoms with Gasteiger partial charge in [0.25, 0.3) is 0 Å². The summed E-state index contributed by atoms with van der Waals surface area (Å²) in [7, 11) is 0. The molecule has 0 aromatic heterocycles. The summed E-state index contributed by atoms with van der Waals surface area (Å²) in [6.07, 6.45) is 3.32. The highest BCUT2D eigenvalue weighted by Gasteiger charge is 2.21. The van der Waals surface area contributed by atoms with Crippen molar-refractivity contribution in [2.75, 3.05) is 39.3 Å². The minimum atomic E-state index is -0.457. The monoisotopic (exact) mass is 468 g/mol. The van der Waals surface area contributed by atoms with Crippen molar-refractivity contribution in [3.05, 3.63) is 58.7 Å². The molecule has 2 N–H and O–H groups in total. The van der Waals surface area contributed by atoms with Gasteiger partial charge in [0.1, 0.15) is 11.5 Å². The molecular weight excluding hydrogens is 424 g/mol. The molecule has 0 bridgehead atoms. The van der Waals surface area contributed by atoms with Gasteiger partial charge in [-0.2, -0.15) is 0 Å². The van der Waals surface area contributed by atoms with Crippen molar-refractivity contribution < 1.29 is 14.9 Å². The van der Waals surface area contributed by atoms with Crippen LogP contribution in [0.15, 0.2) is 36.4 Å². The topological polar surface area (TPSA) is 56.2 Å². The van der Waals surface area contributed by atoms with E-state index >= 15 is 0 Å². The highest BCUT2D eigenvalue weighted by molar-refractivity contribution is 5.52. The van der Waals surface area contributed by atoms with Gasteiger partial charge < -0.3 is 24.7 Å². The zero-order valence-electron chi connectivity index (χ0n) is 21.6. The van der Waals surface area contributed by atoms with Crippen LogP contribution in [0, 0.1) is 0 Å². The molecule has 0 amide bonds. The van der Waals surface area contributed by atoms with Crippen molar-refractivity contribution in [1.29, 1.82) is 0 Å². The first-order valence-corrected chi connectivity index (χ1v) is 13.2. The first-order chi connectivity index (χ1) is 16.5. The van der Waals surface area contributed by atoms with Crippen molar-refractivity contribution in [2.24, 2.45) is 0 Å². The Bertz CT molecular complexity index is 821. The van der Waals surface area contributed by atoms with Crippen molar-refractivity contribution in [3.8, 4) is 11.5 Å². The van der Waals surface area contributed by atoms with Crippen molar-refractivity contribution in [3.63, 3.8) is 0 Å². The van der Waals surface area contributed by atoms with E-state index < -0.39 is 12.2 Å². The summed E-state index contributed by atoms with van der Waals surface area (Å²) < 4.78 is 6.15. The fourth-order valence-electron chi connectivity index (χ4n) is 4.84. The Hall–Kier alpha value is -1.92. The van der Waals surface area contributed by atoms with Crippen LogP contribution >= 0.6 is 0 Å². The van der Waals surface area contributed by atoms with E-state index in [1.165, 1.54) is 0 Å². The van der Waals surface area contributed by atoms with E-state index in [9.17, 15) is 10.2 Å². The standard InChI is InChI=1S/C29H44N2O3/c1-5-30(6-2)17-9-11-26(32)22-13-15-28-24(19-22)21-25-20-23(14-16-29(25)34-28)27(33)12-10-18-31(7-3)8-4/h13-16,19-20,26-27,32-33H,5-12,17-18,21H2,1-4H3. The minimum Gasteiger partial charge on any atom is -0.457 e. The molecule has 5 heteroatoms. The summed E-state index contributed by atoms with van der Waals surface area (Å²) in [4.78, 5) is 4.78. The van der Waals surface area contributed by atoms with Gasteiger partial charge in [-0.15, -0.1) is 0 Å². The molecule has 1 aliphatic heterocycles. The Morgan fingerprint density at radius 2 is 1.12 bits per heavy atom. The van der Waals surface area contributed by atoms with Crippen LogP contribution in [0.2, 0.25) is 0 Å². The molecule has 0 fully saturated rings. The average molecular weight is 469 g/mol. The van der Waals surface area contributed by atoms with Gasteiger partial charge in [0.15, 0.2) is 0 Å². The summed E-state index contributed by atoms with van der Waals surface area (Å²) >= 11 is 0. The van der Waals surface area contributed by atoms with E-state index in [0.717, 1.165) is 105 Å². The van der Waals surface area contributed by atoms with E-state index in [1.807, 2.05) is 24.3 Å². The molecule has 5 nitrogen and oxygen atoms in total. The second-order valence-corrected chi connectivity index (χ2v) is 9.38. The third-order valence-electron chi connectivity index (χ3n) is 7.23. The number of fused-ring (bicyclic) bond motifs is 2. The Balaban J connectivity index is 1.61. The predicted molar refractivity (Wildman–Crippen MR) is 140 cm³/mol. The lowest BCUT2D eigenvalue weighted by atomic mass is 9.93. The molecule has 0 spiro atoms. The maximum atomic E-state index is 10.8. The van der Waals surface area contributed by atoms with Gasteiger partial charge in [0.05, 0.1) is 12.2 Å². The van der Waals surface area contributed by atoms with Crippen LogP contribution < -0.4 is 4.74 Å². The molecule has 0 saturated carbocycles. The normalized spacial score (nSPS) is 14.6. The number of aliphatic hydroxyl groups excluding tert-OH is 2. The van der Waals surface area contributed by atoms with E-state index in [2.05, 4.69) is 49.6 Å². The molecule has 0 radical (unpaired) electrons. The Kier molecular flexibility index (Phi) is 10.4. The van der Waals surface area contributed by atoms with Gasteiger partial charge in [0, 0.05) is 6.42 Å². The highest BCUT2D eigenvalue weighted by Crippen LogP contribution is 2.39. The lowest BCUT2D eigenvalue weighted by molar-refractivity contribution is 0.156. The summed E-state index contributed by atoms with van der Waals surface area (Å²) in [5, 5.41) is 21.5. The predicted octanol–water partition coefficient (Wildman–Crippen LogP) is 5.69. The zero-order valence-corrected chi connectivity index (χ0v) is 21.6. The van der Waals surface area contributed by atoms with Crippen LogP contribution in [0.3, 0.4) is 0 Å². The number of nitrogens with zero attached hydrogens (tertiary/aromatic N) is 2. The molecule has 1 aliphatic rings. The average Bonchev–Trinajstić information content (AvgIpc) is 2.87. The maximum absolute atomic E-state index is 10.8. The summed E-state index contributed by atoms with van der Waals surface area (Å²) in [5.74, 6) is 1.72. The first kappa shape index (κ1) is 26.7. The molecule has 0 saturated heterocycles. The molecule has 34 heavy (non-hydrogen) atoms. The lowest BCUT2D eigenvalue weighted by Crippen LogP contribution is -2.24. The molecule has 2 atom stereocenters. The van der Waals surface area contributed by atoms with Gasteiger partial charge in [0.2, 0.25) is 0 Å². The largest absolute Gasteiger partial charge is 0.457 e. The highest BCUT2D eigenvalue weighted by atomic mass is 16.5. The third-order valence-corrected chi connectivity index (χ3v) is 7.23. The van der Waals surface area contributed by atoms with Crippen molar-refractivity contribution in [1.82, 2.24) is 9.80 Å². The van der Waals surface area contributed by atoms with Crippen LogP contribution in [-0.2, 0) is 6.42 Å². The van der Waals surface area contributed by atoms with Crippen LogP contribution in [0.4, 0.5) is 0 Å². The number of ether oxygens (including phenoxy) is 1. The van der Waals surface area contributed by atoms with Crippen molar-refractivity contribution >= 4 is 0 Å². The number of hydrogen-bond donors (Lipinski definition) is 2. The Morgan fingerprint density at radius 3 is 1.50 bits per heavy atom. The van der Waals surface area contributed by atoms with Gasteiger partial charge in [-0.05, 0) is 111 Å². The fourth-order valence-corrected chi connectivity index (χ4v) is 4.84. The quantitative estimate of drug-likeness (QED) is 0.318. The van der Waals surface area contributed by atoms with E-state index in [-0.39, 0.29) is 0 Å². The smallest absolute Gasteiger partial charge is 0.130 e. The second-order valence-electron chi connectivity index (χ2n) is 9.38. The van der Waals surface area contributed by atoms with Crippen LogP contribution in [0.5, 0.6) is 11.5 Å². The van der Waals surface area contributed by atoms with Gasteiger partial charge in [-0.3, -0.25) is 0 Å². The molecule has 0 aliphatic carbocycles. The summed E-state index contributed by atoms with van der Waals surface area (Å²) in [5.41, 5.74) is 4.11. The Labute approximate surface area is 206 Å². The minimum absolute atomic E-state index is 0.457. The summed E-state index contributed by atoms with van der Waals surface area (Å²) in [6.45, 7) is 15.0. The Morgan fingerprint density at radius 1 is 0.706 bits per heavy atom. The fraction of sp³-hybridized carbons (Fsp3) is 0.586. The molecule has 1 heterocycles. The SMILES string of the molecule is CCN(CC)CCCC(O)c1ccc2c(c1)Cc1cc(C(O)CCCN(CC)CC)ccc1O2. The number of benzene rings is 2.